The van der Waals surface area contributed by atoms with Crippen molar-refractivity contribution < 1.29 is 8.42 Å². The van der Waals surface area contributed by atoms with E-state index in [4.69, 9.17) is 0 Å². The van der Waals surface area contributed by atoms with Crippen molar-refractivity contribution in [3.8, 4) is 0 Å². The van der Waals surface area contributed by atoms with Crippen molar-refractivity contribution in [2.75, 3.05) is 51.8 Å². The van der Waals surface area contributed by atoms with Gasteiger partial charge < -0.3 is 15.5 Å². The van der Waals surface area contributed by atoms with Gasteiger partial charge in [-0.3, -0.25) is 4.99 Å². The van der Waals surface area contributed by atoms with Gasteiger partial charge in [-0.2, -0.15) is 0 Å². The molecule has 0 aromatic rings. The molecule has 0 aromatic heterocycles. The quantitative estimate of drug-likeness (QED) is 0.268. The Morgan fingerprint density at radius 1 is 1.14 bits per heavy atom. The number of halogens is 1. The molecule has 1 rings (SSSR count). The number of rotatable bonds is 7. The standard InChI is InChI=1S/C13H28N4O2S.HI/c1-14-13(15-7-6-12-20(2,18)19)16-8-11-17-9-4-3-5-10-17;/h3-12H2,1-2H3,(H2,14,15,16);1H. The molecule has 0 atom stereocenters. The molecule has 8 heteroatoms. The Labute approximate surface area is 146 Å². The van der Waals surface area contributed by atoms with Crippen LogP contribution in [-0.2, 0) is 9.84 Å². The van der Waals surface area contributed by atoms with Crippen LogP contribution in [-0.4, -0.2) is 71.1 Å². The first kappa shape index (κ1) is 20.9. The smallest absolute Gasteiger partial charge is 0.191 e. The molecule has 0 spiro atoms. The predicted octanol–water partition coefficient (Wildman–Crippen LogP) is 0.690. The maximum atomic E-state index is 11.0. The molecule has 126 valence electrons. The lowest BCUT2D eigenvalue weighted by molar-refractivity contribution is 0.232. The number of likely N-dealkylation sites (tertiary alicyclic amines) is 1. The van der Waals surface area contributed by atoms with Gasteiger partial charge in [0.2, 0.25) is 0 Å². The molecule has 1 saturated heterocycles. The van der Waals surface area contributed by atoms with E-state index in [9.17, 15) is 8.42 Å². The molecule has 1 aliphatic rings. The van der Waals surface area contributed by atoms with E-state index < -0.39 is 9.84 Å². The largest absolute Gasteiger partial charge is 0.356 e. The average Bonchev–Trinajstić information content (AvgIpc) is 2.41. The summed E-state index contributed by atoms with van der Waals surface area (Å²) < 4.78 is 22.0. The highest BCUT2D eigenvalue weighted by Gasteiger charge is 2.09. The minimum absolute atomic E-state index is 0. The lowest BCUT2D eigenvalue weighted by Crippen LogP contribution is -2.43. The molecule has 0 bridgehead atoms. The number of piperidine rings is 1. The van der Waals surface area contributed by atoms with Crippen molar-refractivity contribution >= 4 is 39.8 Å². The van der Waals surface area contributed by atoms with Crippen LogP contribution in [0.1, 0.15) is 25.7 Å². The summed E-state index contributed by atoms with van der Waals surface area (Å²) in [6.07, 6.45) is 5.83. The molecule has 0 amide bonds. The third-order valence-electron chi connectivity index (χ3n) is 3.38. The Kier molecular flexibility index (Phi) is 11.4. The number of hydrogen-bond donors (Lipinski definition) is 2. The van der Waals surface area contributed by atoms with Gasteiger partial charge in [0, 0.05) is 32.9 Å². The van der Waals surface area contributed by atoms with Gasteiger partial charge in [-0.25, -0.2) is 8.42 Å². The van der Waals surface area contributed by atoms with Crippen LogP contribution in [0.2, 0.25) is 0 Å². The van der Waals surface area contributed by atoms with Gasteiger partial charge in [0.25, 0.3) is 0 Å². The second-order valence-electron chi connectivity index (χ2n) is 5.31. The predicted molar refractivity (Wildman–Crippen MR) is 99.4 cm³/mol. The summed E-state index contributed by atoms with van der Waals surface area (Å²) >= 11 is 0. The number of nitrogens with zero attached hydrogens (tertiary/aromatic N) is 2. The highest BCUT2D eigenvalue weighted by atomic mass is 127. The van der Waals surface area contributed by atoms with E-state index in [1.807, 2.05) is 0 Å². The maximum Gasteiger partial charge on any atom is 0.191 e. The van der Waals surface area contributed by atoms with Crippen molar-refractivity contribution in [2.45, 2.75) is 25.7 Å². The van der Waals surface area contributed by atoms with Crippen LogP contribution in [0.25, 0.3) is 0 Å². The Morgan fingerprint density at radius 3 is 2.33 bits per heavy atom. The second-order valence-corrected chi connectivity index (χ2v) is 7.57. The molecular weight excluding hydrogens is 403 g/mol. The average molecular weight is 432 g/mol. The highest BCUT2D eigenvalue weighted by Crippen LogP contribution is 2.07. The van der Waals surface area contributed by atoms with Gasteiger partial charge in [0.1, 0.15) is 9.84 Å². The topological polar surface area (TPSA) is 73.8 Å². The Balaban J connectivity index is 0.00000400. The van der Waals surface area contributed by atoms with E-state index in [0.29, 0.717) is 13.0 Å². The van der Waals surface area contributed by atoms with E-state index >= 15 is 0 Å². The summed E-state index contributed by atoms with van der Waals surface area (Å²) in [5.41, 5.74) is 0. The molecule has 0 radical (unpaired) electrons. The molecule has 0 aliphatic carbocycles. The molecule has 1 aliphatic heterocycles. The first-order valence-corrected chi connectivity index (χ1v) is 9.42. The van der Waals surface area contributed by atoms with Crippen molar-refractivity contribution in [3.05, 3.63) is 0 Å². The van der Waals surface area contributed by atoms with Gasteiger partial charge in [0.05, 0.1) is 5.75 Å². The molecule has 0 unspecified atom stereocenters. The van der Waals surface area contributed by atoms with Crippen LogP contribution in [0, 0.1) is 0 Å². The van der Waals surface area contributed by atoms with Crippen molar-refractivity contribution in [1.29, 1.82) is 0 Å². The van der Waals surface area contributed by atoms with E-state index in [-0.39, 0.29) is 29.7 Å². The summed E-state index contributed by atoms with van der Waals surface area (Å²) in [4.78, 5) is 6.60. The third-order valence-corrected chi connectivity index (χ3v) is 4.41. The summed E-state index contributed by atoms with van der Waals surface area (Å²) in [5, 5.41) is 6.40. The van der Waals surface area contributed by atoms with Gasteiger partial charge in [0.15, 0.2) is 5.96 Å². The third kappa shape index (κ3) is 11.2. The minimum atomic E-state index is -2.87. The molecule has 1 heterocycles. The van der Waals surface area contributed by atoms with Crippen LogP contribution >= 0.6 is 24.0 Å². The number of sulfone groups is 1. The lowest BCUT2D eigenvalue weighted by atomic mass is 10.1. The van der Waals surface area contributed by atoms with Crippen molar-refractivity contribution in [1.82, 2.24) is 15.5 Å². The zero-order valence-electron chi connectivity index (χ0n) is 13.1. The van der Waals surface area contributed by atoms with Gasteiger partial charge in [-0.1, -0.05) is 6.42 Å². The Hall–Kier alpha value is -0.0900. The first-order valence-electron chi connectivity index (χ1n) is 7.36. The number of hydrogen-bond acceptors (Lipinski definition) is 4. The fourth-order valence-electron chi connectivity index (χ4n) is 2.28. The van der Waals surface area contributed by atoms with Crippen LogP contribution in [0.15, 0.2) is 4.99 Å². The zero-order chi connectivity index (χ0) is 14.8. The minimum Gasteiger partial charge on any atom is -0.356 e. The molecule has 6 nitrogen and oxygen atoms in total. The van der Waals surface area contributed by atoms with Crippen LogP contribution in [0.5, 0.6) is 0 Å². The summed E-state index contributed by atoms with van der Waals surface area (Å²) in [6.45, 7) is 4.91. The fourth-order valence-corrected chi connectivity index (χ4v) is 2.95. The Bertz CT molecular complexity index is 395. The summed E-state index contributed by atoms with van der Waals surface area (Å²) in [5.74, 6) is 0.959. The normalized spacial score (nSPS) is 17.1. The van der Waals surface area contributed by atoms with Crippen LogP contribution in [0.4, 0.5) is 0 Å². The monoisotopic (exact) mass is 432 g/mol. The first-order chi connectivity index (χ1) is 9.51. The second kappa shape index (κ2) is 11.5. The van der Waals surface area contributed by atoms with E-state index in [1.54, 1.807) is 7.05 Å². The summed E-state index contributed by atoms with van der Waals surface area (Å²) in [7, 11) is -1.14. The number of aliphatic imine (C=N–C) groups is 1. The van der Waals surface area contributed by atoms with Gasteiger partial charge >= 0.3 is 0 Å². The molecule has 1 fully saturated rings. The molecule has 0 saturated carbocycles. The van der Waals surface area contributed by atoms with Crippen LogP contribution in [0.3, 0.4) is 0 Å². The van der Waals surface area contributed by atoms with E-state index in [2.05, 4.69) is 20.5 Å². The SMILES string of the molecule is CN=C(NCCCS(C)(=O)=O)NCCN1CCCCC1.I. The molecule has 0 aromatic carbocycles. The van der Waals surface area contributed by atoms with Crippen LogP contribution < -0.4 is 10.6 Å². The Morgan fingerprint density at radius 2 is 1.76 bits per heavy atom. The van der Waals surface area contributed by atoms with E-state index in [1.165, 1.54) is 38.6 Å². The van der Waals surface area contributed by atoms with Gasteiger partial charge in [-0.05, 0) is 32.4 Å². The van der Waals surface area contributed by atoms with Crippen molar-refractivity contribution in [2.24, 2.45) is 4.99 Å². The van der Waals surface area contributed by atoms with Gasteiger partial charge in [-0.15, -0.1) is 24.0 Å². The number of nitrogens with one attached hydrogen (secondary N) is 2. The highest BCUT2D eigenvalue weighted by molar-refractivity contribution is 14.0. The van der Waals surface area contributed by atoms with E-state index in [0.717, 1.165) is 19.0 Å². The molecular formula is C13H29IN4O2S. The molecule has 21 heavy (non-hydrogen) atoms. The fraction of sp³-hybridized carbons (Fsp3) is 0.923. The maximum absolute atomic E-state index is 11.0. The van der Waals surface area contributed by atoms with Crippen molar-refractivity contribution in [3.63, 3.8) is 0 Å². The lowest BCUT2D eigenvalue weighted by Gasteiger charge is -2.26. The molecule has 2 N–H and O–H groups in total. The zero-order valence-corrected chi connectivity index (χ0v) is 16.2. The summed E-state index contributed by atoms with van der Waals surface area (Å²) in [6, 6.07) is 0. The number of guanidine groups is 1.